The largest absolute Gasteiger partial charge is 0.461 e. The van der Waals surface area contributed by atoms with Gasteiger partial charge < -0.3 is 10.5 Å². The highest BCUT2D eigenvalue weighted by molar-refractivity contribution is 9.10. The van der Waals surface area contributed by atoms with Crippen LogP contribution in [0.5, 0.6) is 0 Å². The first-order valence-corrected chi connectivity index (χ1v) is 5.62. The topological polar surface area (TPSA) is 52.3 Å². The van der Waals surface area contributed by atoms with Gasteiger partial charge in [0.15, 0.2) is 0 Å². The van der Waals surface area contributed by atoms with Crippen molar-refractivity contribution in [3.8, 4) is 0 Å². The molecule has 0 unspecified atom stereocenters. The van der Waals surface area contributed by atoms with Crippen LogP contribution in [-0.4, -0.2) is 5.97 Å². The second-order valence-electron chi connectivity index (χ2n) is 3.25. The molecule has 0 aliphatic heterocycles. The standard InChI is InChI=1S/C11H14BrNO2.ClH/c1-2-3-11(14)15-7-8-4-5-9(12)6-10(8)13;/h4-6H,2-3,7,13H2,1H3;1H. The third kappa shape index (κ3) is 4.86. The molecule has 0 fully saturated rings. The Balaban J connectivity index is 0.00000225. The maximum absolute atomic E-state index is 11.1. The summed E-state index contributed by atoms with van der Waals surface area (Å²) in [4.78, 5) is 11.1. The number of carbonyl (C=O) groups is 1. The van der Waals surface area contributed by atoms with Crippen molar-refractivity contribution < 1.29 is 9.53 Å². The SMILES string of the molecule is CCCC(=O)OCc1ccc(Br)cc1N.Cl. The molecule has 1 aromatic carbocycles. The number of nitrogens with two attached hydrogens (primary N) is 1. The summed E-state index contributed by atoms with van der Waals surface area (Å²) in [6.45, 7) is 2.19. The fourth-order valence-corrected chi connectivity index (χ4v) is 1.51. The number of esters is 1. The van der Waals surface area contributed by atoms with Crippen molar-refractivity contribution >= 4 is 40.0 Å². The number of benzene rings is 1. The van der Waals surface area contributed by atoms with Crippen LogP contribution < -0.4 is 5.73 Å². The van der Waals surface area contributed by atoms with Crippen molar-refractivity contribution in [2.75, 3.05) is 5.73 Å². The molecule has 0 heterocycles. The zero-order valence-electron chi connectivity index (χ0n) is 9.03. The van der Waals surface area contributed by atoms with Gasteiger partial charge >= 0.3 is 5.97 Å². The van der Waals surface area contributed by atoms with Crippen LogP contribution in [-0.2, 0) is 16.1 Å². The van der Waals surface area contributed by atoms with E-state index in [1.54, 1.807) is 6.07 Å². The van der Waals surface area contributed by atoms with Crippen LogP contribution >= 0.6 is 28.3 Å². The van der Waals surface area contributed by atoms with Gasteiger partial charge in [0, 0.05) is 22.1 Å². The summed E-state index contributed by atoms with van der Waals surface area (Å²) in [7, 11) is 0. The Morgan fingerprint density at radius 1 is 1.50 bits per heavy atom. The van der Waals surface area contributed by atoms with E-state index in [-0.39, 0.29) is 25.0 Å². The average Bonchev–Trinajstić information content (AvgIpc) is 2.17. The third-order valence-corrected chi connectivity index (χ3v) is 2.44. The lowest BCUT2D eigenvalue weighted by molar-refractivity contribution is -0.144. The Bertz CT molecular complexity index is 358. The lowest BCUT2D eigenvalue weighted by Gasteiger charge is -2.07. The maximum Gasteiger partial charge on any atom is 0.306 e. The zero-order valence-corrected chi connectivity index (χ0v) is 11.4. The van der Waals surface area contributed by atoms with Gasteiger partial charge in [0.1, 0.15) is 6.61 Å². The van der Waals surface area contributed by atoms with Crippen molar-refractivity contribution in [2.24, 2.45) is 0 Å². The van der Waals surface area contributed by atoms with Gasteiger partial charge in [0.2, 0.25) is 0 Å². The predicted octanol–water partition coefficient (Wildman–Crippen LogP) is 3.30. The fourth-order valence-electron chi connectivity index (χ4n) is 1.13. The lowest BCUT2D eigenvalue weighted by Crippen LogP contribution is -2.05. The lowest BCUT2D eigenvalue weighted by atomic mass is 10.2. The van der Waals surface area contributed by atoms with Crippen LogP contribution in [0.1, 0.15) is 25.3 Å². The Morgan fingerprint density at radius 2 is 2.19 bits per heavy atom. The van der Waals surface area contributed by atoms with Crippen molar-refractivity contribution in [1.29, 1.82) is 0 Å². The van der Waals surface area contributed by atoms with Crippen molar-refractivity contribution in [3.63, 3.8) is 0 Å². The Hall–Kier alpha value is -0.740. The molecule has 0 bridgehead atoms. The van der Waals surface area contributed by atoms with Gasteiger partial charge in [-0.3, -0.25) is 4.79 Å². The van der Waals surface area contributed by atoms with Gasteiger partial charge in [0.05, 0.1) is 0 Å². The molecule has 2 N–H and O–H groups in total. The van der Waals surface area contributed by atoms with E-state index >= 15 is 0 Å². The third-order valence-electron chi connectivity index (χ3n) is 1.95. The molecule has 0 atom stereocenters. The first-order valence-electron chi connectivity index (χ1n) is 4.83. The van der Waals surface area contributed by atoms with E-state index in [4.69, 9.17) is 10.5 Å². The van der Waals surface area contributed by atoms with Crippen molar-refractivity contribution in [2.45, 2.75) is 26.4 Å². The molecule has 0 saturated heterocycles. The van der Waals surface area contributed by atoms with Gasteiger partial charge in [-0.2, -0.15) is 0 Å². The zero-order chi connectivity index (χ0) is 11.3. The summed E-state index contributed by atoms with van der Waals surface area (Å²) in [5.74, 6) is -0.181. The molecule has 0 amide bonds. The molecule has 1 rings (SSSR count). The number of halogens is 2. The Morgan fingerprint density at radius 3 is 2.75 bits per heavy atom. The molecule has 1 aromatic rings. The highest BCUT2D eigenvalue weighted by Crippen LogP contribution is 2.19. The molecule has 0 radical (unpaired) electrons. The molecule has 0 aromatic heterocycles. The summed E-state index contributed by atoms with van der Waals surface area (Å²) in [6.07, 6.45) is 1.26. The minimum atomic E-state index is -0.181. The van der Waals surface area contributed by atoms with Crippen LogP contribution in [0, 0.1) is 0 Å². The minimum Gasteiger partial charge on any atom is -0.461 e. The highest BCUT2D eigenvalue weighted by Gasteiger charge is 2.04. The van der Waals surface area contributed by atoms with E-state index in [0.29, 0.717) is 12.1 Å². The van der Waals surface area contributed by atoms with Gasteiger partial charge in [-0.1, -0.05) is 28.9 Å². The summed E-state index contributed by atoms with van der Waals surface area (Å²) in [6, 6.07) is 5.51. The molecule has 0 aliphatic rings. The summed E-state index contributed by atoms with van der Waals surface area (Å²) in [5.41, 5.74) is 7.23. The number of carbonyl (C=O) groups excluding carboxylic acids is 1. The van der Waals surface area contributed by atoms with Gasteiger partial charge in [0.25, 0.3) is 0 Å². The molecule has 16 heavy (non-hydrogen) atoms. The van der Waals surface area contributed by atoms with E-state index in [1.165, 1.54) is 0 Å². The van der Waals surface area contributed by atoms with E-state index in [9.17, 15) is 4.79 Å². The number of anilines is 1. The molecule has 0 saturated carbocycles. The van der Waals surface area contributed by atoms with Crippen molar-refractivity contribution in [3.05, 3.63) is 28.2 Å². The average molecular weight is 309 g/mol. The molecule has 0 spiro atoms. The molecular formula is C11H15BrClNO2. The molecular weight excluding hydrogens is 293 g/mol. The first kappa shape index (κ1) is 15.3. The molecule has 3 nitrogen and oxygen atoms in total. The number of hydrogen-bond acceptors (Lipinski definition) is 3. The number of hydrogen-bond donors (Lipinski definition) is 1. The first-order chi connectivity index (χ1) is 7.13. The number of rotatable bonds is 4. The van der Waals surface area contributed by atoms with Gasteiger partial charge in [-0.25, -0.2) is 0 Å². The van der Waals surface area contributed by atoms with Crippen LogP contribution in [0.3, 0.4) is 0 Å². The Kier molecular flexibility index (Phi) is 7.17. The second-order valence-corrected chi connectivity index (χ2v) is 4.17. The number of ether oxygens (including phenoxy) is 1. The van der Waals surface area contributed by atoms with Crippen molar-refractivity contribution in [1.82, 2.24) is 0 Å². The van der Waals surface area contributed by atoms with Crippen LogP contribution in [0.4, 0.5) is 5.69 Å². The minimum absolute atomic E-state index is 0. The smallest absolute Gasteiger partial charge is 0.306 e. The van der Waals surface area contributed by atoms with E-state index in [0.717, 1.165) is 16.5 Å². The van der Waals surface area contributed by atoms with Crippen LogP contribution in [0.25, 0.3) is 0 Å². The predicted molar refractivity (Wildman–Crippen MR) is 70.5 cm³/mol. The van der Waals surface area contributed by atoms with E-state index in [2.05, 4.69) is 15.9 Å². The molecule has 0 aliphatic carbocycles. The second kappa shape index (κ2) is 7.52. The summed E-state index contributed by atoms with van der Waals surface area (Å²) in [5, 5.41) is 0. The molecule has 90 valence electrons. The monoisotopic (exact) mass is 307 g/mol. The summed E-state index contributed by atoms with van der Waals surface area (Å²) < 4.78 is 5.97. The normalized spacial score (nSPS) is 9.38. The van der Waals surface area contributed by atoms with E-state index < -0.39 is 0 Å². The fraction of sp³-hybridized carbons (Fsp3) is 0.364. The highest BCUT2D eigenvalue weighted by atomic mass is 79.9. The quantitative estimate of drug-likeness (QED) is 0.686. The van der Waals surface area contributed by atoms with Crippen LogP contribution in [0.2, 0.25) is 0 Å². The molecule has 5 heteroatoms. The maximum atomic E-state index is 11.1. The van der Waals surface area contributed by atoms with Gasteiger partial charge in [-0.15, -0.1) is 12.4 Å². The number of nitrogen functional groups attached to an aromatic ring is 1. The Labute approximate surface area is 110 Å². The summed E-state index contributed by atoms with van der Waals surface area (Å²) >= 11 is 3.31. The van der Waals surface area contributed by atoms with E-state index in [1.807, 2.05) is 19.1 Å². The van der Waals surface area contributed by atoms with Crippen LogP contribution in [0.15, 0.2) is 22.7 Å². The van der Waals surface area contributed by atoms with Gasteiger partial charge in [-0.05, 0) is 18.6 Å².